The number of carbonyl (C=O) groups excluding carboxylic acids is 2. The van der Waals surface area contributed by atoms with E-state index in [0.717, 1.165) is 31.8 Å². The Labute approximate surface area is 212 Å². The van der Waals surface area contributed by atoms with Gasteiger partial charge in [0, 0.05) is 26.2 Å². The van der Waals surface area contributed by atoms with Crippen molar-refractivity contribution in [2.45, 2.75) is 40.2 Å². The lowest BCUT2D eigenvalue weighted by molar-refractivity contribution is -0.142. The summed E-state index contributed by atoms with van der Waals surface area (Å²) >= 11 is 0. The molecule has 8 nitrogen and oxygen atoms in total. The average Bonchev–Trinajstić information content (AvgIpc) is 3.31. The lowest BCUT2D eigenvalue weighted by atomic mass is 9.98. The van der Waals surface area contributed by atoms with Crippen LogP contribution in [0.2, 0.25) is 0 Å². The average molecular weight is 500 g/mol. The van der Waals surface area contributed by atoms with Crippen LogP contribution in [-0.2, 0) is 4.79 Å². The number of nitrogens with zero attached hydrogens (tertiary/aromatic N) is 3. The number of amides is 1. The molecule has 1 fully saturated rings. The van der Waals surface area contributed by atoms with Gasteiger partial charge in [0.25, 0.3) is 5.91 Å². The number of likely N-dealkylation sites (N-methyl/N-ethyl adjacent to an activating group) is 1. The summed E-state index contributed by atoms with van der Waals surface area (Å²) in [6.45, 7) is 11.3. The molecule has 0 aliphatic carbocycles. The summed E-state index contributed by atoms with van der Waals surface area (Å²) in [4.78, 5) is 33.5. The van der Waals surface area contributed by atoms with Crippen molar-refractivity contribution in [1.82, 2.24) is 19.8 Å². The number of aliphatic hydroxyl groups is 1. The van der Waals surface area contributed by atoms with Crippen molar-refractivity contribution in [1.29, 1.82) is 5.41 Å². The van der Waals surface area contributed by atoms with Crippen LogP contribution in [0.25, 0.3) is 5.57 Å². The van der Waals surface area contributed by atoms with Gasteiger partial charge >= 0.3 is 0 Å². The molecule has 1 aromatic heterocycles. The number of aliphatic hydroxyl groups excluding tert-OH is 1. The number of halogens is 1. The fourth-order valence-electron chi connectivity index (χ4n) is 3.70. The molecular formula is C27H38FN5O3. The summed E-state index contributed by atoms with van der Waals surface area (Å²) in [6.07, 6.45) is 3.59. The fourth-order valence-corrected chi connectivity index (χ4v) is 3.70. The van der Waals surface area contributed by atoms with Crippen LogP contribution in [-0.4, -0.2) is 82.1 Å². The van der Waals surface area contributed by atoms with Crippen LogP contribution in [0.1, 0.15) is 56.0 Å². The van der Waals surface area contributed by atoms with Gasteiger partial charge in [-0.2, -0.15) is 0 Å². The van der Waals surface area contributed by atoms with E-state index in [1.807, 2.05) is 34.7 Å². The van der Waals surface area contributed by atoms with Gasteiger partial charge < -0.3 is 25.3 Å². The maximum atomic E-state index is 12.9. The first-order valence-corrected chi connectivity index (χ1v) is 12.2. The number of benzene rings is 1. The number of aromatic nitrogens is 2. The van der Waals surface area contributed by atoms with Gasteiger partial charge in [-0.25, -0.2) is 9.37 Å². The van der Waals surface area contributed by atoms with Gasteiger partial charge in [0.1, 0.15) is 17.7 Å². The first-order valence-electron chi connectivity index (χ1n) is 12.2. The van der Waals surface area contributed by atoms with Crippen LogP contribution in [0.3, 0.4) is 0 Å². The molecule has 0 radical (unpaired) electrons. The molecule has 0 saturated carbocycles. The highest BCUT2D eigenvalue weighted by Crippen LogP contribution is 2.21. The van der Waals surface area contributed by atoms with Crippen molar-refractivity contribution >= 4 is 23.5 Å². The molecule has 1 aromatic carbocycles. The quantitative estimate of drug-likeness (QED) is 0.379. The largest absolute Gasteiger partial charge is 0.383 e. The number of H-pyrrole nitrogens is 1. The van der Waals surface area contributed by atoms with Crippen molar-refractivity contribution in [3.63, 3.8) is 0 Å². The summed E-state index contributed by atoms with van der Waals surface area (Å²) in [5, 5.41) is 17.8. The van der Waals surface area contributed by atoms with Gasteiger partial charge in [-0.1, -0.05) is 27.7 Å². The maximum Gasteiger partial charge on any atom is 0.251 e. The third kappa shape index (κ3) is 8.80. The summed E-state index contributed by atoms with van der Waals surface area (Å²) < 4.78 is 12.9. The molecule has 1 atom stereocenters. The summed E-state index contributed by atoms with van der Waals surface area (Å²) in [5.41, 5.74) is 2.10. The van der Waals surface area contributed by atoms with Gasteiger partial charge in [0.05, 0.1) is 17.6 Å². The predicted molar refractivity (Wildman–Crippen MR) is 140 cm³/mol. The predicted octanol–water partition coefficient (Wildman–Crippen LogP) is 3.64. The minimum atomic E-state index is -0.812. The molecular weight excluding hydrogens is 461 g/mol. The molecule has 1 unspecified atom stereocenters. The molecule has 0 bridgehead atoms. The molecule has 196 valence electrons. The molecule has 9 heteroatoms. The Balaban J connectivity index is 0.000000269. The van der Waals surface area contributed by atoms with E-state index >= 15 is 0 Å². The fraction of sp³-hybridized carbons (Fsp3) is 0.481. The highest BCUT2D eigenvalue weighted by Gasteiger charge is 2.25. The third-order valence-electron chi connectivity index (χ3n) is 5.87. The van der Waals surface area contributed by atoms with E-state index in [2.05, 4.69) is 14.9 Å². The van der Waals surface area contributed by atoms with E-state index in [9.17, 15) is 19.1 Å². The van der Waals surface area contributed by atoms with E-state index in [4.69, 9.17) is 5.41 Å². The summed E-state index contributed by atoms with van der Waals surface area (Å²) in [5.74, 6) is 0.616. The van der Waals surface area contributed by atoms with Crippen molar-refractivity contribution in [2.75, 3.05) is 33.2 Å². The number of carbonyl (C=O) groups is 2. The van der Waals surface area contributed by atoms with Crippen LogP contribution >= 0.6 is 0 Å². The van der Waals surface area contributed by atoms with Crippen LogP contribution in [0.15, 0.2) is 36.5 Å². The molecule has 1 saturated heterocycles. The number of aldehydes is 1. The molecule has 0 spiro atoms. The van der Waals surface area contributed by atoms with Gasteiger partial charge in [-0.05, 0) is 66.8 Å². The Morgan fingerprint density at radius 1 is 1.17 bits per heavy atom. The topological polar surface area (TPSA) is 113 Å². The Morgan fingerprint density at radius 2 is 1.78 bits per heavy atom. The molecule has 3 N–H and O–H groups in total. The van der Waals surface area contributed by atoms with Gasteiger partial charge in [-0.15, -0.1) is 0 Å². The van der Waals surface area contributed by atoms with Crippen molar-refractivity contribution in [2.24, 2.45) is 11.8 Å². The van der Waals surface area contributed by atoms with Gasteiger partial charge in [-0.3, -0.25) is 9.59 Å². The number of hydrogen-bond donors (Lipinski definition) is 3. The van der Waals surface area contributed by atoms with Crippen LogP contribution < -0.4 is 0 Å². The Kier molecular flexibility index (Phi) is 11.1. The summed E-state index contributed by atoms with van der Waals surface area (Å²) in [6, 6.07) is 5.77. The zero-order chi connectivity index (χ0) is 26.8. The Bertz CT molecular complexity index is 1040. The van der Waals surface area contributed by atoms with Crippen LogP contribution in [0, 0.1) is 23.1 Å². The zero-order valence-electron chi connectivity index (χ0n) is 21.8. The van der Waals surface area contributed by atoms with Crippen molar-refractivity contribution < 1.29 is 19.1 Å². The number of rotatable bonds is 8. The van der Waals surface area contributed by atoms with Crippen LogP contribution in [0.4, 0.5) is 4.39 Å². The van der Waals surface area contributed by atoms with Crippen molar-refractivity contribution in [3.05, 3.63) is 59.4 Å². The normalized spacial score (nSPS) is 15.5. The number of imidazole rings is 1. The first-order chi connectivity index (χ1) is 17.0. The molecule has 2 aromatic rings. The Morgan fingerprint density at radius 3 is 2.28 bits per heavy atom. The molecule has 1 aliphatic rings. The van der Waals surface area contributed by atoms with E-state index in [1.54, 1.807) is 23.1 Å². The highest BCUT2D eigenvalue weighted by molar-refractivity contribution is 6.10. The van der Waals surface area contributed by atoms with E-state index < -0.39 is 6.10 Å². The maximum absolute atomic E-state index is 12.9. The number of piperazine rings is 1. The lowest BCUT2D eigenvalue weighted by Crippen LogP contribution is -2.50. The van der Waals surface area contributed by atoms with Crippen molar-refractivity contribution in [3.8, 4) is 0 Å². The second-order valence-electron chi connectivity index (χ2n) is 9.75. The number of allylic oxidation sites excluding steroid dienone is 2. The van der Waals surface area contributed by atoms with Gasteiger partial charge in [0.2, 0.25) is 0 Å². The number of hydrogen-bond acceptors (Lipinski definition) is 6. The standard InChI is InChI=1S/C16H16FN3O.C11H22N2O2/c1-10(2)14(16-19-8-13(9-21)20-16)7-15(18)11-3-5-12(17)6-4-11;1-9(2)8-10(14)11(15)13-6-4-12(3)5-7-13/h3-10,18H,1-2H3,(H,19,20);9-10,14H,4-8H2,1-3H3/b14-7-,18-15?;. The third-order valence-corrected chi connectivity index (χ3v) is 5.87. The second kappa shape index (κ2) is 13.8. The minimum absolute atomic E-state index is 0.100. The monoisotopic (exact) mass is 499 g/mol. The lowest BCUT2D eigenvalue weighted by Gasteiger charge is -2.33. The van der Waals surface area contributed by atoms with E-state index in [-0.39, 0.29) is 23.4 Å². The summed E-state index contributed by atoms with van der Waals surface area (Å²) in [7, 11) is 2.05. The number of nitrogens with one attached hydrogen (secondary N) is 2. The highest BCUT2D eigenvalue weighted by atomic mass is 19.1. The SMILES string of the molecule is CC(C)/C(=C/C(=N)c1ccc(F)cc1)c1ncc(C=O)[nH]1.CC(C)CC(O)C(=O)N1CCN(C)CC1. The van der Waals surface area contributed by atoms with Crippen LogP contribution in [0.5, 0.6) is 0 Å². The molecule has 36 heavy (non-hydrogen) atoms. The van der Waals surface area contributed by atoms with E-state index in [0.29, 0.717) is 35.7 Å². The van der Waals surface area contributed by atoms with E-state index in [1.165, 1.54) is 18.3 Å². The molecule has 3 rings (SSSR count). The first kappa shape index (κ1) is 29.1. The minimum Gasteiger partial charge on any atom is -0.383 e. The zero-order valence-corrected chi connectivity index (χ0v) is 21.8. The number of aromatic amines is 1. The second-order valence-corrected chi connectivity index (χ2v) is 9.75. The molecule has 1 amide bonds. The molecule has 2 heterocycles. The van der Waals surface area contributed by atoms with Gasteiger partial charge in [0.15, 0.2) is 6.29 Å². The Hall–Kier alpha value is -3.17. The molecule has 1 aliphatic heterocycles. The smallest absolute Gasteiger partial charge is 0.251 e.